The molecular weight excluding hydrogens is 446 g/mol. The Hall–Kier alpha value is -1.90. The molecule has 2 N–H and O–H groups in total. The second-order valence-electron chi connectivity index (χ2n) is 6.31. The molecule has 28 heavy (non-hydrogen) atoms. The molecule has 0 aromatic heterocycles. The minimum absolute atomic E-state index is 0.106. The number of nitrogens with one attached hydrogen (secondary N) is 1. The fraction of sp³-hybridized carbons (Fsp3) is 0.350. The molecule has 6 nitrogen and oxygen atoms in total. The normalized spacial score (nSPS) is 18.7. The molecule has 150 valence electrons. The van der Waals surface area contributed by atoms with E-state index in [0.29, 0.717) is 30.5 Å². The zero-order valence-corrected chi connectivity index (χ0v) is 18.0. The van der Waals surface area contributed by atoms with E-state index in [-0.39, 0.29) is 5.37 Å². The molecule has 0 saturated carbocycles. The summed E-state index contributed by atoms with van der Waals surface area (Å²) in [6, 6.07) is 11.1. The molecule has 1 heterocycles. The molecule has 0 radical (unpaired) electrons. The molecule has 2 aromatic rings. The first-order chi connectivity index (χ1) is 13.5. The predicted molar refractivity (Wildman–Crippen MR) is 113 cm³/mol. The van der Waals surface area contributed by atoms with Gasteiger partial charge in [0.25, 0.3) is 0 Å². The van der Waals surface area contributed by atoms with Crippen molar-refractivity contribution in [2.75, 3.05) is 26.1 Å². The summed E-state index contributed by atoms with van der Waals surface area (Å²) < 4.78 is 17.8. The zero-order valence-electron chi connectivity index (χ0n) is 15.6. The van der Waals surface area contributed by atoms with Crippen LogP contribution in [-0.4, -0.2) is 43.2 Å². The Balaban J connectivity index is 1.61. The Kier molecular flexibility index (Phi) is 7.09. The van der Waals surface area contributed by atoms with E-state index < -0.39 is 12.0 Å². The van der Waals surface area contributed by atoms with Crippen LogP contribution in [0, 0.1) is 6.92 Å². The third-order valence-corrected chi connectivity index (χ3v) is 6.11. The first-order valence-electron chi connectivity index (χ1n) is 8.78. The maximum Gasteiger partial charge on any atom is 0.321 e. The van der Waals surface area contributed by atoms with E-state index >= 15 is 0 Å². The number of benzene rings is 2. The van der Waals surface area contributed by atoms with Crippen LogP contribution in [0.1, 0.15) is 16.5 Å². The molecular formula is C20H22BrNO5S. The monoisotopic (exact) mass is 467 g/mol. The largest absolute Gasteiger partial charge is 0.493 e. The summed E-state index contributed by atoms with van der Waals surface area (Å²) in [6.07, 6.45) is 0. The molecule has 2 unspecified atom stereocenters. The van der Waals surface area contributed by atoms with Crippen molar-refractivity contribution in [1.82, 2.24) is 5.32 Å². The lowest BCUT2D eigenvalue weighted by Gasteiger charge is -2.17. The number of thioether (sulfide) groups is 1. The summed E-state index contributed by atoms with van der Waals surface area (Å²) in [5.74, 6) is 1.66. The number of carboxylic acid groups (broad SMARTS) is 1. The van der Waals surface area contributed by atoms with Crippen molar-refractivity contribution in [2.45, 2.75) is 18.3 Å². The van der Waals surface area contributed by atoms with Crippen LogP contribution in [0.5, 0.6) is 17.2 Å². The Morgan fingerprint density at radius 3 is 2.61 bits per heavy atom. The summed E-state index contributed by atoms with van der Waals surface area (Å²) >= 11 is 5.09. The van der Waals surface area contributed by atoms with Crippen LogP contribution in [-0.2, 0) is 4.79 Å². The van der Waals surface area contributed by atoms with E-state index in [1.807, 2.05) is 43.3 Å². The molecule has 1 aliphatic heterocycles. The zero-order chi connectivity index (χ0) is 20.1. The van der Waals surface area contributed by atoms with Crippen LogP contribution in [0.25, 0.3) is 0 Å². The van der Waals surface area contributed by atoms with Gasteiger partial charge < -0.3 is 19.3 Å². The number of methoxy groups -OCH3 is 1. The maximum atomic E-state index is 11.1. The smallest absolute Gasteiger partial charge is 0.321 e. The number of rotatable bonds is 8. The SMILES string of the molecule is COc1cc(C2NC(C(=O)O)CS2)cc(Br)c1OCCOc1ccc(C)cc1. The van der Waals surface area contributed by atoms with E-state index in [0.717, 1.165) is 15.8 Å². The Morgan fingerprint density at radius 2 is 1.96 bits per heavy atom. The van der Waals surface area contributed by atoms with Gasteiger partial charge in [-0.25, -0.2) is 0 Å². The van der Waals surface area contributed by atoms with Crippen molar-refractivity contribution < 1.29 is 24.1 Å². The highest BCUT2D eigenvalue weighted by atomic mass is 79.9. The minimum atomic E-state index is -0.838. The summed E-state index contributed by atoms with van der Waals surface area (Å²) in [5, 5.41) is 12.2. The molecule has 1 fully saturated rings. The first-order valence-corrected chi connectivity index (χ1v) is 10.6. The molecule has 0 bridgehead atoms. The number of halogens is 1. The standard InChI is InChI=1S/C20H22BrNO5S/c1-12-3-5-14(6-4-12)26-7-8-27-18-15(21)9-13(10-17(18)25-2)19-22-16(11-28-19)20(23)24/h3-6,9-10,16,19,22H,7-8,11H2,1-2H3,(H,23,24). The van der Waals surface area contributed by atoms with Crippen molar-refractivity contribution in [2.24, 2.45) is 0 Å². The third-order valence-electron chi connectivity index (χ3n) is 4.25. The molecule has 0 spiro atoms. The molecule has 3 rings (SSSR count). The van der Waals surface area contributed by atoms with E-state index in [9.17, 15) is 4.79 Å². The summed E-state index contributed by atoms with van der Waals surface area (Å²) in [7, 11) is 1.58. The van der Waals surface area contributed by atoms with Crippen LogP contribution < -0.4 is 19.5 Å². The van der Waals surface area contributed by atoms with Crippen molar-refractivity contribution in [1.29, 1.82) is 0 Å². The van der Waals surface area contributed by atoms with Gasteiger partial charge in [0.15, 0.2) is 11.5 Å². The van der Waals surface area contributed by atoms with Crippen molar-refractivity contribution in [3.63, 3.8) is 0 Å². The molecule has 2 aromatic carbocycles. The lowest BCUT2D eigenvalue weighted by molar-refractivity contribution is -0.138. The number of hydrogen-bond acceptors (Lipinski definition) is 6. The van der Waals surface area contributed by atoms with Gasteiger partial charge in [0, 0.05) is 5.75 Å². The topological polar surface area (TPSA) is 77.0 Å². The fourth-order valence-corrected chi connectivity index (χ4v) is 4.56. The number of carboxylic acids is 1. The van der Waals surface area contributed by atoms with E-state index in [1.165, 1.54) is 5.56 Å². The van der Waals surface area contributed by atoms with Crippen LogP contribution >= 0.6 is 27.7 Å². The number of aryl methyl sites for hydroxylation is 1. The lowest BCUT2D eigenvalue weighted by Crippen LogP contribution is -2.33. The highest BCUT2D eigenvalue weighted by molar-refractivity contribution is 9.10. The van der Waals surface area contributed by atoms with E-state index in [4.69, 9.17) is 19.3 Å². The number of carbonyl (C=O) groups is 1. The average Bonchev–Trinajstić information content (AvgIpc) is 3.18. The average molecular weight is 468 g/mol. The Labute approximate surface area is 176 Å². The Morgan fingerprint density at radius 1 is 1.25 bits per heavy atom. The van der Waals surface area contributed by atoms with Gasteiger partial charge in [0.2, 0.25) is 0 Å². The molecule has 0 aliphatic carbocycles. The number of ether oxygens (including phenoxy) is 3. The van der Waals surface area contributed by atoms with Crippen LogP contribution in [0.15, 0.2) is 40.9 Å². The second-order valence-corrected chi connectivity index (χ2v) is 8.31. The number of hydrogen-bond donors (Lipinski definition) is 2. The minimum Gasteiger partial charge on any atom is -0.493 e. The lowest BCUT2D eigenvalue weighted by atomic mass is 10.2. The summed E-state index contributed by atoms with van der Waals surface area (Å²) in [5.41, 5.74) is 2.11. The van der Waals surface area contributed by atoms with E-state index in [1.54, 1.807) is 18.9 Å². The first kappa shape index (κ1) is 20.8. The van der Waals surface area contributed by atoms with Crippen LogP contribution in [0.3, 0.4) is 0 Å². The quantitative estimate of drug-likeness (QED) is 0.567. The highest BCUT2D eigenvalue weighted by Crippen LogP contribution is 2.42. The van der Waals surface area contributed by atoms with Gasteiger partial charge in [0.05, 0.1) is 17.0 Å². The molecule has 2 atom stereocenters. The maximum absolute atomic E-state index is 11.1. The van der Waals surface area contributed by atoms with Gasteiger partial charge in [-0.15, -0.1) is 11.8 Å². The highest BCUT2D eigenvalue weighted by Gasteiger charge is 2.31. The van der Waals surface area contributed by atoms with Crippen molar-refractivity contribution in [3.8, 4) is 17.2 Å². The van der Waals surface area contributed by atoms with E-state index in [2.05, 4.69) is 21.2 Å². The van der Waals surface area contributed by atoms with Gasteiger partial charge in [-0.05, 0) is 52.7 Å². The molecule has 0 amide bonds. The predicted octanol–water partition coefficient (Wildman–Crippen LogP) is 4.01. The fourth-order valence-electron chi connectivity index (χ4n) is 2.78. The van der Waals surface area contributed by atoms with Crippen LogP contribution in [0.2, 0.25) is 0 Å². The van der Waals surface area contributed by atoms with Gasteiger partial charge in [-0.2, -0.15) is 0 Å². The van der Waals surface area contributed by atoms with Crippen molar-refractivity contribution in [3.05, 3.63) is 52.0 Å². The molecule has 1 saturated heterocycles. The van der Waals surface area contributed by atoms with Gasteiger partial charge in [-0.3, -0.25) is 10.1 Å². The third kappa shape index (κ3) is 5.12. The van der Waals surface area contributed by atoms with Crippen LogP contribution in [0.4, 0.5) is 0 Å². The van der Waals surface area contributed by atoms with Crippen molar-refractivity contribution >= 4 is 33.7 Å². The molecule has 8 heteroatoms. The summed E-state index contributed by atoms with van der Waals surface area (Å²) in [4.78, 5) is 11.1. The Bertz CT molecular complexity index is 830. The van der Waals surface area contributed by atoms with Gasteiger partial charge in [0.1, 0.15) is 25.0 Å². The van der Waals surface area contributed by atoms with Gasteiger partial charge in [-0.1, -0.05) is 17.7 Å². The van der Waals surface area contributed by atoms with Gasteiger partial charge >= 0.3 is 5.97 Å². The second kappa shape index (κ2) is 9.54. The number of aliphatic carboxylic acids is 1. The molecule has 1 aliphatic rings. The summed E-state index contributed by atoms with van der Waals surface area (Å²) in [6.45, 7) is 2.79.